The lowest BCUT2D eigenvalue weighted by atomic mass is 10.1. The summed E-state index contributed by atoms with van der Waals surface area (Å²) in [5, 5.41) is 0. The molecule has 132 valence electrons. The van der Waals surface area contributed by atoms with Crippen molar-refractivity contribution in [2.45, 2.75) is 18.9 Å². The molecular formula is C20H19N3O3. The van der Waals surface area contributed by atoms with Gasteiger partial charge >= 0.3 is 0 Å². The van der Waals surface area contributed by atoms with Gasteiger partial charge in [0.25, 0.3) is 5.56 Å². The lowest BCUT2D eigenvalue weighted by molar-refractivity contribution is -0.131. The summed E-state index contributed by atoms with van der Waals surface area (Å²) in [4.78, 5) is 33.5. The van der Waals surface area contributed by atoms with Crippen molar-refractivity contribution in [2.24, 2.45) is 0 Å². The van der Waals surface area contributed by atoms with E-state index in [4.69, 9.17) is 4.74 Å². The number of amides is 1. The van der Waals surface area contributed by atoms with Crippen LogP contribution in [0.4, 0.5) is 0 Å². The fourth-order valence-electron chi connectivity index (χ4n) is 3.15. The Morgan fingerprint density at radius 2 is 1.92 bits per heavy atom. The zero-order valence-electron chi connectivity index (χ0n) is 14.2. The molecular weight excluding hydrogens is 330 g/mol. The lowest BCUT2D eigenvalue weighted by Crippen LogP contribution is -2.29. The summed E-state index contributed by atoms with van der Waals surface area (Å²) < 4.78 is 5.73. The van der Waals surface area contributed by atoms with E-state index >= 15 is 0 Å². The van der Waals surface area contributed by atoms with E-state index < -0.39 is 0 Å². The molecule has 2 aromatic carbocycles. The van der Waals surface area contributed by atoms with Crippen molar-refractivity contribution in [3.05, 3.63) is 76.2 Å². The molecule has 0 saturated carbocycles. The highest BCUT2D eigenvalue weighted by atomic mass is 16.5. The van der Waals surface area contributed by atoms with Gasteiger partial charge in [-0.05, 0) is 17.7 Å². The van der Waals surface area contributed by atoms with E-state index in [-0.39, 0.29) is 30.7 Å². The predicted molar refractivity (Wildman–Crippen MR) is 97.5 cm³/mol. The highest BCUT2D eigenvalue weighted by Crippen LogP contribution is 2.24. The number of carbonyl (C=O) groups is 1. The van der Waals surface area contributed by atoms with Gasteiger partial charge in [0.15, 0.2) is 0 Å². The first kappa shape index (κ1) is 16.5. The summed E-state index contributed by atoms with van der Waals surface area (Å²) in [6.07, 6.45) is 0.451. The molecule has 0 spiro atoms. The molecule has 4 rings (SSSR count). The minimum Gasteiger partial charge on any atom is -0.351 e. The monoisotopic (exact) mass is 349 g/mol. The fraction of sp³-hybridized carbons (Fsp3) is 0.250. The summed E-state index contributed by atoms with van der Waals surface area (Å²) in [5.74, 6) is -0.0298. The predicted octanol–water partition coefficient (Wildman–Crippen LogP) is 2.41. The van der Waals surface area contributed by atoms with Gasteiger partial charge in [-0.1, -0.05) is 42.5 Å². The number of para-hydroxylation sites is 2. The first-order chi connectivity index (χ1) is 12.7. The zero-order chi connectivity index (χ0) is 17.9. The Labute approximate surface area is 150 Å². The molecule has 0 bridgehead atoms. The van der Waals surface area contributed by atoms with Gasteiger partial charge in [0.2, 0.25) is 5.91 Å². The molecule has 1 saturated heterocycles. The van der Waals surface area contributed by atoms with Crippen molar-refractivity contribution in [2.75, 3.05) is 13.3 Å². The van der Waals surface area contributed by atoms with Gasteiger partial charge in [0.05, 0.1) is 17.6 Å². The largest absolute Gasteiger partial charge is 0.351 e. The average molecular weight is 349 g/mol. The van der Waals surface area contributed by atoms with Crippen LogP contribution in [0.15, 0.2) is 59.4 Å². The molecule has 1 aromatic heterocycles. The Balaban J connectivity index is 1.40. The number of aryl methyl sites for hydroxylation is 1. The highest BCUT2D eigenvalue weighted by Gasteiger charge is 2.27. The van der Waals surface area contributed by atoms with E-state index in [0.29, 0.717) is 24.2 Å². The SMILES string of the molecule is O=C(CCc1nc2ccccc2[nH]c1=O)N1COC(c2ccccc2)C1. The number of H-pyrrole nitrogens is 1. The first-order valence-electron chi connectivity index (χ1n) is 8.63. The number of ether oxygens (including phenoxy) is 1. The number of nitrogens with zero attached hydrogens (tertiary/aromatic N) is 2. The smallest absolute Gasteiger partial charge is 0.270 e. The molecule has 1 atom stereocenters. The lowest BCUT2D eigenvalue weighted by Gasteiger charge is -2.14. The third-order valence-corrected chi connectivity index (χ3v) is 4.59. The van der Waals surface area contributed by atoms with E-state index in [1.165, 1.54) is 0 Å². The molecule has 1 amide bonds. The molecule has 6 nitrogen and oxygen atoms in total. The molecule has 1 aliphatic rings. The molecule has 1 N–H and O–H groups in total. The van der Waals surface area contributed by atoms with Crippen LogP contribution >= 0.6 is 0 Å². The second kappa shape index (κ2) is 7.09. The summed E-state index contributed by atoms with van der Waals surface area (Å²) in [7, 11) is 0. The Morgan fingerprint density at radius 3 is 2.77 bits per heavy atom. The van der Waals surface area contributed by atoms with E-state index in [9.17, 15) is 9.59 Å². The maximum absolute atomic E-state index is 12.5. The van der Waals surface area contributed by atoms with Crippen molar-refractivity contribution in [3.63, 3.8) is 0 Å². The minimum absolute atomic E-state index is 0.0298. The van der Waals surface area contributed by atoms with Crippen molar-refractivity contribution < 1.29 is 9.53 Å². The maximum atomic E-state index is 12.5. The van der Waals surface area contributed by atoms with Crippen LogP contribution in [0.25, 0.3) is 11.0 Å². The molecule has 0 radical (unpaired) electrons. The van der Waals surface area contributed by atoms with Crippen LogP contribution < -0.4 is 5.56 Å². The van der Waals surface area contributed by atoms with Crippen molar-refractivity contribution >= 4 is 16.9 Å². The van der Waals surface area contributed by atoms with Crippen LogP contribution in [-0.4, -0.2) is 34.1 Å². The van der Waals surface area contributed by atoms with E-state index in [2.05, 4.69) is 9.97 Å². The van der Waals surface area contributed by atoms with Gasteiger partial charge in [-0.25, -0.2) is 4.98 Å². The van der Waals surface area contributed by atoms with Crippen LogP contribution in [-0.2, 0) is 16.0 Å². The number of benzene rings is 2. The van der Waals surface area contributed by atoms with Crippen LogP contribution in [0.2, 0.25) is 0 Å². The summed E-state index contributed by atoms with van der Waals surface area (Å²) >= 11 is 0. The summed E-state index contributed by atoms with van der Waals surface area (Å²) in [6, 6.07) is 17.2. The third kappa shape index (κ3) is 3.36. The Kier molecular flexibility index (Phi) is 4.50. The highest BCUT2D eigenvalue weighted by molar-refractivity contribution is 5.77. The van der Waals surface area contributed by atoms with Gasteiger partial charge in [-0.3, -0.25) is 9.59 Å². The molecule has 6 heteroatoms. The van der Waals surface area contributed by atoms with Gasteiger partial charge in [0.1, 0.15) is 18.5 Å². The van der Waals surface area contributed by atoms with Crippen LogP contribution in [0.3, 0.4) is 0 Å². The second-order valence-corrected chi connectivity index (χ2v) is 6.34. The quantitative estimate of drug-likeness (QED) is 0.785. The summed E-state index contributed by atoms with van der Waals surface area (Å²) in [5.41, 5.74) is 2.64. The number of aromatic nitrogens is 2. The minimum atomic E-state index is -0.240. The van der Waals surface area contributed by atoms with Gasteiger partial charge in [0, 0.05) is 12.8 Å². The number of carbonyl (C=O) groups excluding carboxylic acids is 1. The average Bonchev–Trinajstić information content (AvgIpc) is 3.17. The molecule has 1 aliphatic heterocycles. The number of nitrogens with one attached hydrogen (secondary N) is 1. The molecule has 1 fully saturated rings. The number of fused-ring (bicyclic) bond motifs is 1. The van der Waals surface area contributed by atoms with Crippen molar-refractivity contribution in [1.82, 2.24) is 14.9 Å². The summed E-state index contributed by atoms with van der Waals surface area (Å²) in [6.45, 7) is 0.810. The Morgan fingerprint density at radius 1 is 1.15 bits per heavy atom. The number of aromatic amines is 1. The molecule has 3 aromatic rings. The van der Waals surface area contributed by atoms with E-state index in [0.717, 1.165) is 11.1 Å². The van der Waals surface area contributed by atoms with Crippen LogP contribution in [0.1, 0.15) is 23.8 Å². The first-order valence-corrected chi connectivity index (χ1v) is 8.63. The van der Waals surface area contributed by atoms with Gasteiger partial charge in [-0.15, -0.1) is 0 Å². The van der Waals surface area contributed by atoms with E-state index in [1.54, 1.807) is 4.90 Å². The zero-order valence-corrected chi connectivity index (χ0v) is 14.2. The molecule has 1 unspecified atom stereocenters. The standard InChI is InChI=1S/C20H19N3O3/c24-19(23-12-18(26-13-23)14-6-2-1-3-7-14)11-10-17-20(25)22-16-9-5-4-8-15(16)21-17/h1-9,18H,10-13H2,(H,22,25). The van der Waals surface area contributed by atoms with E-state index in [1.807, 2.05) is 54.6 Å². The second-order valence-electron chi connectivity index (χ2n) is 6.34. The van der Waals surface area contributed by atoms with Gasteiger partial charge < -0.3 is 14.6 Å². The maximum Gasteiger partial charge on any atom is 0.270 e. The third-order valence-electron chi connectivity index (χ3n) is 4.59. The molecule has 0 aliphatic carbocycles. The van der Waals surface area contributed by atoms with Gasteiger partial charge in [-0.2, -0.15) is 0 Å². The number of rotatable bonds is 4. The number of hydrogen-bond donors (Lipinski definition) is 1. The van der Waals surface area contributed by atoms with Crippen LogP contribution in [0, 0.1) is 0 Å². The number of hydrogen-bond acceptors (Lipinski definition) is 4. The molecule has 2 heterocycles. The molecule has 26 heavy (non-hydrogen) atoms. The van der Waals surface area contributed by atoms with Crippen LogP contribution in [0.5, 0.6) is 0 Å². The topological polar surface area (TPSA) is 75.3 Å². The van der Waals surface area contributed by atoms with Crippen molar-refractivity contribution in [3.8, 4) is 0 Å². The Bertz CT molecular complexity index is 984. The normalized spacial score (nSPS) is 16.9. The Hall–Kier alpha value is -2.99. The van der Waals surface area contributed by atoms with Crippen molar-refractivity contribution in [1.29, 1.82) is 0 Å². The fourth-order valence-corrected chi connectivity index (χ4v) is 3.15.